The molecule has 0 bridgehead atoms. The molecule has 0 radical (unpaired) electrons. The van der Waals surface area contributed by atoms with Crippen LogP contribution in [0.2, 0.25) is 0 Å². The van der Waals surface area contributed by atoms with Crippen LogP contribution in [0.5, 0.6) is 0 Å². The van der Waals surface area contributed by atoms with Crippen LogP contribution < -0.4 is 5.32 Å². The third kappa shape index (κ3) is 4.00. The second-order valence-corrected chi connectivity index (χ2v) is 6.87. The van der Waals surface area contributed by atoms with Gasteiger partial charge in [0.15, 0.2) is 0 Å². The van der Waals surface area contributed by atoms with Crippen LogP contribution in [0.3, 0.4) is 0 Å². The molecule has 0 saturated heterocycles. The standard InChI is InChI=1S/C16H22N2OS/c1-18(14-6-7-14)16(19)11-20-15-8-2-12(3-9-15)10-17-13-4-5-13/h2-3,8-9,13-14,17H,4-7,10-11H2,1H3. The average molecular weight is 290 g/mol. The van der Waals surface area contributed by atoms with Gasteiger partial charge in [0.05, 0.1) is 5.75 Å². The molecule has 2 aliphatic carbocycles. The quantitative estimate of drug-likeness (QED) is 0.784. The van der Waals surface area contributed by atoms with E-state index in [4.69, 9.17) is 0 Å². The van der Waals surface area contributed by atoms with Crippen molar-refractivity contribution >= 4 is 17.7 Å². The zero-order chi connectivity index (χ0) is 13.9. The van der Waals surface area contributed by atoms with Gasteiger partial charge in [-0.2, -0.15) is 0 Å². The Balaban J connectivity index is 1.43. The van der Waals surface area contributed by atoms with E-state index in [1.807, 2.05) is 11.9 Å². The molecule has 4 heteroatoms. The Morgan fingerprint density at radius 1 is 1.25 bits per heavy atom. The van der Waals surface area contributed by atoms with E-state index < -0.39 is 0 Å². The van der Waals surface area contributed by atoms with E-state index in [9.17, 15) is 4.79 Å². The minimum Gasteiger partial charge on any atom is -0.342 e. The van der Waals surface area contributed by atoms with Crippen molar-refractivity contribution in [3.8, 4) is 0 Å². The maximum atomic E-state index is 11.9. The van der Waals surface area contributed by atoms with Gasteiger partial charge < -0.3 is 10.2 Å². The average Bonchev–Trinajstić information content (AvgIpc) is 3.36. The monoisotopic (exact) mass is 290 g/mol. The summed E-state index contributed by atoms with van der Waals surface area (Å²) in [6.07, 6.45) is 5.00. The summed E-state index contributed by atoms with van der Waals surface area (Å²) in [6, 6.07) is 9.83. The summed E-state index contributed by atoms with van der Waals surface area (Å²) in [5.74, 6) is 0.795. The second-order valence-electron chi connectivity index (χ2n) is 5.82. The van der Waals surface area contributed by atoms with E-state index in [0.717, 1.165) is 12.6 Å². The maximum absolute atomic E-state index is 11.9. The molecule has 0 unspecified atom stereocenters. The predicted molar refractivity (Wildman–Crippen MR) is 82.8 cm³/mol. The van der Waals surface area contributed by atoms with Crippen molar-refractivity contribution in [1.82, 2.24) is 10.2 Å². The van der Waals surface area contributed by atoms with Crippen LogP contribution in [0.4, 0.5) is 0 Å². The Labute approximate surface area is 125 Å². The number of benzene rings is 1. The summed E-state index contributed by atoms with van der Waals surface area (Å²) in [5.41, 5.74) is 1.32. The summed E-state index contributed by atoms with van der Waals surface area (Å²) >= 11 is 1.64. The summed E-state index contributed by atoms with van der Waals surface area (Å²) < 4.78 is 0. The SMILES string of the molecule is CN(C(=O)CSc1ccc(CNC2CC2)cc1)C1CC1. The first kappa shape index (κ1) is 14.0. The number of nitrogens with zero attached hydrogens (tertiary/aromatic N) is 1. The third-order valence-electron chi connectivity index (χ3n) is 3.95. The fourth-order valence-electron chi connectivity index (χ4n) is 2.17. The fourth-order valence-corrected chi connectivity index (χ4v) is 2.99. The Hall–Kier alpha value is -1.00. The molecule has 1 N–H and O–H groups in total. The molecule has 1 amide bonds. The van der Waals surface area contributed by atoms with Gasteiger partial charge in [-0.3, -0.25) is 4.79 Å². The lowest BCUT2D eigenvalue weighted by atomic mass is 10.2. The lowest BCUT2D eigenvalue weighted by molar-refractivity contribution is -0.127. The molecule has 3 nitrogen and oxygen atoms in total. The number of hydrogen-bond donors (Lipinski definition) is 1. The molecule has 0 spiro atoms. The normalized spacial score (nSPS) is 18.1. The highest BCUT2D eigenvalue weighted by molar-refractivity contribution is 8.00. The fraction of sp³-hybridized carbons (Fsp3) is 0.562. The lowest BCUT2D eigenvalue weighted by Gasteiger charge is -2.15. The van der Waals surface area contributed by atoms with Gasteiger partial charge >= 0.3 is 0 Å². The van der Waals surface area contributed by atoms with Gasteiger partial charge in [-0.1, -0.05) is 12.1 Å². The van der Waals surface area contributed by atoms with Crippen LogP contribution in [0, 0.1) is 0 Å². The number of carbonyl (C=O) groups excluding carboxylic acids is 1. The molecule has 3 rings (SSSR count). The topological polar surface area (TPSA) is 32.3 Å². The van der Waals surface area contributed by atoms with Crippen LogP contribution in [0.15, 0.2) is 29.2 Å². The number of carbonyl (C=O) groups is 1. The van der Waals surface area contributed by atoms with E-state index >= 15 is 0 Å². The zero-order valence-corrected chi connectivity index (χ0v) is 12.8. The highest BCUT2D eigenvalue weighted by atomic mass is 32.2. The van der Waals surface area contributed by atoms with Crippen molar-refractivity contribution < 1.29 is 4.79 Å². The second kappa shape index (κ2) is 6.19. The van der Waals surface area contributed by atoms with Gasteiger partial charge in [0, 0.05) is 30.6 Å². The first-order valence-corrected chi connectivity index (χ1v) is 8.42. The number of hydrogen-bond acceptors (Lipinski definition) is 3. The van der Waals surface area contributed by atoms with Gasteiger partial charge in [0.2, 0.25) is 5.91 Å². The van der Waals surface area contributed by atoms with Crippen LogP contribution in [-0.4, -0.2) is 35.7 Å². The van der Waals surface area contributed by atoms with Crippen molar-refractivity contribution in [2.24, 2.45) is 0 Å². The van der Waals surface area contributed by atoms with E-state index in [2.05, 4.69) is 29.6 Å². The van der Waals surface area contributed by atoms with E-state index in [0.29, 0.717) is 11.8 Å². The van der Waals surface area contributed by atoms with Gasteiger partial charge in [0.1, 0.15) is 0 Å². The largest absolute Gasteiger partial charge is 0.342 e. The van der Waals surface area contributed by atoms with Gasteiger partial charge in [0.25, 0.3) is 0 Å². The number of amides is 1. The van der Waals surface area contributed by atoms with Crippen LogP contribution in [0.1, 0.15) is 31.2 Å². The van der Waals surface area contributed by atoms with Gasteiger partial charge in [-0.05, 0) is 43.4 Å². The van der Waals surface area contributed by atoms with Crippen molar-refractivity contribution in [1.29, 1.82) is 0 Å². The van der Waals surface area contributed by atoms with Crippen molar-refractivity contribution in [3.05, 3.63) is 29.8 Å². The zero-order valence-electron chi connectivity index (χ0n) is 12.0. The summed E-state index contributed by atoms with van der Waals surface area (Å²) in [6.45, 7) is 0.957. The van der Waals surface area contributed by atoms with Crippen LogP contribution in [0.25, 0.3) is 0 Å². The smallest absolute Gasteiger partial charge is 0.232 e. The minimum absolute atomic E-state index is 0.247. The Morgan fingerprint density at radius 3 is 2.55 bits per heavy atom. The maximum Gasteiger partial charge on any atom is 0.232 e. The molecule has 0 aliphatic heterocycles. The van der Waals surface area contributed by atoms with Crippen LogP contribution in [-0.2, 0) is 11.3 Å². The third-order valence-corrected chi connectivity index (χ3v) is 4.94. The molecule has 2 saturated carbocycles. The van der Waals surface area contributed by atoms with Crippen molar-refractivity contribution in [3.63, 3.8) is 0 Å². The Morgan fingerprint density at radius 2 is 1.95 bits per heavy atom. The number of rotatable bonds is 7. The Kier molecular flexibility index (Phi) is 4.32. The van der Waals surface area contributed by atoms with Crippen molar-refractivity contribution in [2.75, 3.05) is 12.8 Å². The van der Waals surface area contributed by atoms with Gasteiger partial charge in [-0.25, -0.2) is 0 Å². The molecule has 1 aromatic carbocycles. The highest BCUT2D eigenvalue weighted by Gasteiger charge is 2.29. The summed E-state index contributed by atoms with van der Waals surface area (Å²) in [4.78, 5) is 15.0. The highest BCUT2D eigenvalue weighted by Crippen LogP contribution is 2.27. The molecule has 108 valence electrons. The molecule has 20 heavy (non-hydrogen) atoms. The molecule has 0 heterocycles. The van der Waals surface area contributed by atoms with Gasteiger partial charge in [-0.15, -0.1) is 11.8 Å². The minimum atomic E-state index is 0.247. The molecular weight excluding hydrogens is 268 g/mol. The number of thioether (sulfide) groups is 1. The van der Waals surface area contributed by atoms with Crippen LogP contribution >= 0.6 is 11.8 Å². The van der Waals surface area contributed by atoms with E-state index in [1.165, 1.54) is 36.1 Å². The molecule has 1 aromatic rings. The Bertz CT molecular complexity index is 466. The van der Waals surface area contributed by atoms with E-state index in [-0.39, 0.29) is 5.91 Å². The first-order chi connectivity index (χ1) is 9.72. The van der Waals surface area contributed by atoms with E-state index in [1.54, 1.807) is 11.8 Å². The molecule has 2 aliphatic rings. The number of nitrogens with one attached hydrogen (secondary N) is 1. The lowest BCUT2D eigenvalue weighted by Crippen LogP contribution is -2.30. The summed E-state index contributed by atoms with van der Waals surface area (Å²) in [5, 5.41) is 3.51. The first-order valence-electron chi connectivity index (χ1n) is 7.43. The molecule has 2 fully saturated rings. The molecule has 0 atom stereocenters. The summed E-state index contributed by atoms with van der Waals surface area (Å²) in [7, 11) is 1.92. The van der Waals surface area contributed by atoms with Crippen molar-refractivity contribution in [2.45, 2.75) is 49.2 Å². The molecular formula is C16H22N2OS. The molecule has 0 aromatic heterocycles. The predicted octanol–water partition coefficient (Wildman–Crippen LogP) is 2.65.